The molecule has 4 heteroatoms. The highest BCUT2D eigenvalue weighted by Crippen LogP contribution is 2.19. The Morgan fingerprint density at radius 3 is 2.60 bits per heavy atom. The molecule has 2 aromatic rings. The van der Waals surface area contributed by atoms with Crippen LogP contribution in [-0.2, 0) is 4.79 Å². The summed E-state index contributed by atoms with van der Waals surface area (Å²) in [7, 11) is 0. The maximum atomic E-state index is 12.4. The van der Waals surface area contributed by atoms with E-state index in [0.717, 1.165) is 43.9 Å². The summed E-state index contributed by atoms with van der Waals surface area (Å²) in [5, 5.41) is 3.01. The predicted molar refractivity (Wildman–Crippen MR) is 101 cm³/mol. The summed E-state index contributed by atoms with van der Waals surface area (Å²) in [6.45, 7) is 5.55. The molecule has 1 aliphatic rings. The molecule has 1 fully saturated rings. The van der Waals surface area contributed by atoms with Gasteiger partial charge in [0.05, 0.1) is 0 Å². The van der Waals surface area contributed by atoms with Gasteiger partial charge in [-0.25, -0.2) is 0 Å². The normalized spacial score (nSPS) is 15.7. The van der Waals surface area contributed by atoms with Crippen LogP contribution in [0, 0.1) is 12.8 Å². The molecule has 132 valence electrons. The van der Waals surface area contributed by atoms with Crippen LogP contribution in [0.15, 0.2) is 54.6 Å². The van der Waals surface area contributed by atoms with Crippen LogP contribution in [0.1, 0.15) is 18.4 Å². The van der Waals surface area contributed by atoms with Gasteiger partial charge in [0.25, 0.3) is 0 Å². The van der Waals surface area contributed by atoms with E-state index in [-0.39, 0.29) is 11.8 Å². The summed E-state index contributed by atoms with van der Waals surface area (Å²) < 4.78 is 5.82. The minimum absolute atomic E-state index is 0.106. The van der Waals surface area contributed by atoms with Crippen LogP contribution in [0.25, 0.3) is 0 Å². The first-order valence-electron chi connectivity index (χ1n) is 8.98. The number of rotatable bonds is 6. The molecule has 2 aromatic carbocycles. The quantitative estimate of drug-likeness (QED) is 0.873. The van der Waals surface area contributed by atoms with Crippen LogP contribution < -0.4 is 10.1 Å². The van der Waals surface area contributed by atoms with Crippen molar-refractivity contribution >= 4 is 11.6 Å². The number of ether oxygens (including phenoxy) is 1. The van der Waals surface area contributed by atoms with E-state index in [1.165, 1.54) is 5.56 Å². The fourth-order valence-electron chi connectivity index (χ4n) is 3.18. The highest BCUT2D eigenvalue weighted by atomic mass is 16.5. The number of benzene rings is 2. The van der Waals surface area contributed by atoms with E-state index in [4.69, 9.17) is 4.74 Å². The van der Waals surface area contributed by atoms with E-state index in [0.29, 0.717) is 6.61 Å². The van der Waals surface area contributed by atoms with Gasteiger partial charge in [-0.05, 0) is 62.7 Å². The van der Waals surface area contributed by atoms with Crippen molar-refractivity contribution < 1.29 is 9.53 Å². The number of carbonyl (C=O) groups excluding carboxylic acids is 1. The molecule has 25 heavy (non-hydrogen) atoms. The molecule has 1 saturated heterocycles. The number of anilines is 1. The van der Waals surface area contributed by atoms with E-state index in [1.807, 2.05) is 42.5 Å². The first-order valence-corrected chi connectivity index (χ1v) is 8.98. The van der Waals surface area contributed by atoms with Crippen LogP contribution >= 0.6 is 0 Å². The Balaban J connectivity index is 1.37. The van der Waals surface area contributed by atoms with Crippen molar-refractivity contribution in [2.24, 2.45) is 5.92 Å². The van der Waals surface area contributed by atoms with Crippen molar-refractivity contribution in [3.05, 3.63) is 60.2 Å². The number of carbonyl (C=O) groups is 1. The summed E-state index contributed by atoms with van der Waals surface area (Å²) >= 11 is 0. The molecule has 0 radical (unpaired) electrons. The van der Waals surface area contributed by atoms with Gasteiger partial charge < -0.3 is 10.1 Å². The Labute approximate surface area is 149 Å². The lowest BCUT2D eigenvalue weighted by molar-refractivity contribution is -0.121. The Hall–Kier alpha value is -2.33. The largest absolute Gasteiger partial charge is 0.492 e. The van der Waals surface area contributed by atoms with Crippen LogP contribution in [0.5, 0.6) is 5.75 Å². The van der Waals surface area contributed by atoms with Crippen LogP contribution in [-0.4, -0.2) is 37.0 Å². The van der Waals surface area contributed by atoms with Crippen molar-refractivity contribution in [1.29, 1.82) is 0 Å². The molecule has 1 heterocycles. The average molecular weight is 338 g/mol. The van der Waals surface area contributed by atoms with Gasteiger partial charge in [-0.15, -0.1) is 0 Å². The van der Waals surface area contributed by atoms with Crippen molar-refractivity contribution in [2.45, 2.75) is 19.8 Å². The molecule has 4 nitrogen and oxygen atoms in total. The number of para-hydroxylation sites is 1. The van der Waals surface area contributed by atoms with Crippen LogP contribution in [0.4, 0.5) is 5.69 Å². The van der Waals surface area contributed by atoms with Gasteiger partial charge in [0.2, 0.25) is 5.91 Å². The molecule has 0 atom stereocenters. The van der Waals surface area contributed by atoms with Gasteiger partial charge in [0.15, 0.2) is 0 Å². The van der Waals surface area contributed by atoms with E-state index in [9.17, 15) is 4.79 Å². The van der Waals surface area contributed by atoms with Gasteiger partial charge in [0, 0.05) is 18.2 Å². The number of hydrogen-bond acceptors (Lipinski definition) is 3. The first kappa shape index (κ1) is 17.5. The molecular weight excluding hydrogens is 312 g/mol. The zero-order chi connectivity index (χ0) is 17.5. The molecule has 0 aliphatic carbocycles. The molecule has 1 amide bonds. The first-order chi connectivity index (χ1) is 12.2. The van der Waals surface area contributed by atoms with Crippen molar-refractivity contribution in [1.82, 2.24) is 4.90 Å². The van der Waals surface area contributed by atoms with Gasteiger partial charge in [-0.2, -0.15) is 0 Å². The Bertz CT molecular complexity index is 679. The second-order valence-electron chi connectivity index (χ2n) is 6.64. The van der Waals surface area contributed by atoms with Crippen molar-refractivity contribution in [3.8, 4) is 5.75 Å². The highest BCUT2D eigenvalue weighted by Gasteiger charge is 2.24. The van der Waals surface area contributed by atoms with E-state index in [2.05, 4.69) is 29.3 Å². The Kier molecular flexibility index (Phi) is 6.07. The third-order valence-electron chi connectivity index (χ3n) is 4.67. The number of piperidine rings is 1. The van der Waals surface area contributed by atoms with E-state index in [1.54, 1.807) is 0 Å². The Morgan fingerprint density at radius 1 is 1.12 bits per heavy atom. The van der Waals surface area contributed by atoms with Gasteiger partial charge in [0.1, 0.15) is 12.4 Å². The third kappa shape index (κ3) is 5.33. The fraction of sp³-hybridized carbons (Fsp3) is 0.381. The molecule has 3 rings (SSSR count). The van der Waals surface area contributed by atoms with Crippen molar-refractivity contribution in [3.63, 3.8) is 0 Å². The lowest BCUT2D eigenvalue weighted by atomic mass is 9.96. The molecule has 0 unspecified atom stereocenters. The predicted octanol–water partition coefficient (Wildman–Crippen LogP) is 3.72. The molecule has 1 aliphatic heterocycles. The van der Waals surface area contributed by atoms with Crippen LogP contribution in [0.2, 0.25) is 0 Å². The second-order valence-corrected chi connectivity index (χ2v) is 6.64. The smallest absolute Gasteiger partial charge is 0.227 e. The molecular formula is C21H26N2O2. The fourth-order valence-corrected chi connectivity index (χ4v) is 3.18. The zero-order valence-electron chi connectivity index (χ0n) is 14.8. The maximum Gasteiger partial charge on any atom is 0.227 e. The summed E-state index contributed by atoms with van der Waals surface area (Å²) in [4.78, 5) is 14.7. The van der Waals surface area contributed by atoms with E-state index < -0.39 is 0 Å². The number of aryl methyl sites for hydroxylation is 1. The third-order valence-corrected chi connectivity index (χ3v) is 4.67. The lowest BCUT2D eigenvalue weighted by Gasteiger charge is -2.31. The number of hydrogen-bond donors (Lipinski definition) is 1. The summed E-state index contributed by atoms with van der Waals surface area (Å²) in [5.41, 5.74) is 2.09. The summed E-state index contributed by atoms with van der Waals surface area (Å²) in [6.07, 6.45) is 1.81. The number of likely N-dealkylation sites (tertiary alicyclic amines) is 1. The maximum absolute atomic E-state index is 12.4. The lowest BCUT2D eigenvalue weighted by Crippen LogP contribution is -2.39. The number of nitrogens with zero attached hydrogens (tertiary/aromatic N) is 1. The van der Waals surface area contributed by atoms with Gasteiger partial charge >= 0.3 is 0 Å². The van der Waals surface area contributed by atoms with Crippen LogP contribution in [0.3, 0.4) is 0 Å². The Morgan fingerprint density at radius 2 is 1.88 bits per heavy atom. The number of amides is 1. The van der Waals surface area contributed by atoms with E-state index >= 15 is 0 Å². The zero-order valence-corrected chi connectivity index (χ0v) is 14.8. The average Bonchev–Trinajstić information content (AvgIpc) is 2.63. The topological polar surface area (TPSA) is 41.6 Å². The SMILES string of the molecule is Cc1cccc(OCCN2CCC(C(=O)Nc3ccccc3)CC2)c1. The summed E-state index contributed by atoms with van der Waals surface area (Å²) in [5.74, 6) is 1.17. The van der Waals surface area contributed by atoms with Crippen molar-refractivity contribution in [2.75, 3.05) is 31.6 Å². The monoisotopic (exact) mass is 338 g/mol. The summed E-state index contributed by atoms with van der Waals surface area (Å²) in [6, 6.07) is 17.8. The number of nitrogens with one attached hydrogen (secondary N) is 1. The minimum Gasteiger partial charge on any atom is -0.492 e. The molecule has 0 bridgehead atoms. The standard InChI is InChI=1S/C21H26N2O2/c1-17-6-5-9-20(16-17)25-15-14-23-12-10-18(11-13-23)21(24)22-19-7-3-2-4-8-19/h2-9,16,18H,10-15H2,1H3,(H,22,24). The van der Waals surface area contributed by atoms with Gasteiger partial charge in [-0.3, -0.25) is 9.69 Å². The second kappa shape index (κ2) is 8.67. The molecule has 0 aromatic heterocycles. The van der Waals surface area contributed by atoms with Gasteiger partial charge in [-0.1, -0.05) is 30.3 Å². The molecule has 0 saturated carbocycles. The molecule has 1 N–H and O–H groups in total. The molecule has 0 spiro atoms. The minimum atomic E-state index is 0.106. The highest BCUT2D eigenvalue weighted by molar-refractivity contribution is 5.92.